The van der Waals surface area contributed by atoms with Crippen LogP contribution in [-0.4, -0.2) is 51.7 Å². The lowest BCUT2D eigenvalue weighted by molar-refractivity contribution is -0.384. The third-order valence-corrected chi connectivity index (χ3v) is 5.38. The molecule has 1 aromatic carbocycles. The predicted octanol–water partition coefficient (Wildman–Crippen LogP) is 3.56. The highest BCUT2D eigenvalue weighted by Gasteiger charge is 2.20. The molecule has 4 rings (SSSR count). The third-order valence-electron chi connectivity index (χ3n) is 5.38. The third kappa shape index (κ3) is 4.83. The molecule has 1 amide bonds. The molecule has 9 heteroatoms. The molecular weight excluding hydrogens is 398 g/mol. The van der Waals surface area contributed by atoms with E-state index in [-0.39, 0.29) is 11.6 Å². The first-order valence-corrected chi connectivity index (χ1v) is 10.4. The Kier molecular flexibility index (Phi) is 6.13. The van der Waals surface area contributed by atoms with Crippen LogP contribution in [0.4, 0.5) is 5.69 Å². The Morgan fingerprint density at radius 2 is 2.00 bits per heavy atom. The number of benzene rings is 1. The van der Waals surface area contributed by atoms with Gasteiger partial charge in [-0.15, -0.1) is 0 Å². The molecule has 0 radical (unpaired) electrons. The van der Waals surface area contributed by atoms with Gasteiger partial charge in [0, 0.05) is 31.3 Å². The average Bonchev–Trinajstić information content (AvgIpc) is 3.41. The van der Waals surface area contributed by atoms with E-state index in [0.29, 0.717) is 29.4 Å². The van der Waals surface area contributed by atoms with Gasteiger partial charge in [0.2, 0.25) is 0 Å². The monoisotopic (exact) mass is 423 g/mol. The van der Waals surface area contributed by atoms with E-state index in [1.54, 1.807) is 24.3 Å². The van der Waals surface area contributed by atoms with Crippen LogP contribution in [0.5, 0.6) is 0 Å². The molecular formula is C22H25N5O4. The summed E-state index contributed by atoms with van der Waals surface area (Å²) in [4.78, 5) is 26.1. The van der Waals surface area contributed by atoms with Crippen molar-refractivity contribution < 1.29 is 14.1 Å². The number of hydrogen-bond acceptors (Lipinski definition) is 6. The molecule has 3 heterocycles. The van der Waals surface area contributed by atoms with Crippen LogP contribution in [0.1, 0.15) is 35.5 Å². The summed E-state index contributed by atoms with van der Waals surface area (Å²) in [6.45, 7) is 5.26. The molecule has 0 atom stereocenters. The highest BCUT2D eigenvalue weighted by atomic mass is 16.6. The van der Waals surface area contributed by atoms with Gasteiger partial charge in [-0.05, 0) is 51.1 Å². The van der Waals surface area contributed by atoms with Crippen molar-refractivity contribution in [1.29, 1.82) is 0 Å². The lowest BCUT2D eigenvalue weighted by atomic mass is 10.1. The molecule has 1 fully saturated rings. The van der Waals surface area contributed by atoms with Crippen LogP contribution in [-0.2, 0) is 0 Å². The fraction of sp³-hybridized carbons (Fsp3) is 0.364. The molecule has 0 unspecified atom stereocenters. The van der Waals surface area contributed by atoms with Crippen LogP contribution in [0, 0.1) is 17.0 Å². The van der Waals surface area contributed by atoms with Gasteiger partial charge in [-0.1, -0.05) is 12.5 Å². The van der Waals surface area contributed by atoms with Gasteiger partial charge in [-0.3, -0.25) is 14.9 Å². The maximum Gasteiger partial charge on any atom is 0.271 e. The summed E-state index contributed by atoms with van der Waals surface area (Å²) in [6, 6.07) is 11.3. The number of nitro groups is 1. The summed E-state index contributed by atoms with van der Waals surface area (Å²) in [5.74, 6) is 0.974. The van der Waals surface area contributed by atoms with E-state index in [2.05, 4.69) is 15.3 Å². The first kappa shape index (κ1) is 20.8. The van der Waals surface area contributed by atoms with Crippen molar-refractivity contribution >= 4 is 11.6 Å². The number of hydrogen-bond donors (Lipinski definition) is 1. The van der Waals surface area contributed by atoms with Gasteiger partial charge in [0.1, 0.15) is 17.1 Å². The van der Waals surface area contributed by atoms with Crippen LogP contribution in [0.15, 0.2) is 46.9 Å². The van der Waals surface area contributed by atoms with Gasteiger partial charge >= 0.3 is 0 Å². The van der Waals surface area contributed by atoms with Crippen LogP contribution in [0.25, 0.3) is 17.1 Å². The van der Waals surface area contributed by atoms with E-state index in [1.165, 1.54) is 36.1 Å². The number of aromatic nitrogens is 2. The Hall–Kier alpha value is -3.46. The number of nitro benzene ring substituents is 1. The lowest BCUT2D eigenvalue weighted by Crippen LogP contribution is -2.38. The summed E-state index contributed by atoms with van der Waals surface area (Å²) >= 11 is 0. The summed E-state index contributed by atoms with van der Waals surface area (Å²) in [5.41, 5.74) is 1.15. The molecule has 0 aliphatic carbocycles. The largest absolute Gasteiger partial charge is 0.460 e. The molecule has 0 spiro atoms. The fourth-order valence-corrected chi connectivity index (χ4v) is 3.77. The normalized spacial score (nSPS) is 14.5. The quantitative estimate of drug-likeness (QED) is 0.460. The van der Waals surface area contributed by atoms with Crippen LogP contribution in [0.2, 0.25) is 0 Å². The van der Waals surface area contributed by atoms with E-state index < -0.39 is 4.92 Å². The zero-order valence-electron chi connectivity index (χ0n) is 17.4. The molecule has 1 aliphatic heterocycles. The highest BCUT2D eigenvalue weighted by Crippen LogP contribution is 2.25. The maximum absolute atomic E-state index is 13.0. The van der Waals surface area contributed by atoms with Crippen molar-refractivity contribution in [2.45, 2.75) is 26.2 Å². The molecule has 1 N–H and O–H groups in total. The van der Waals surface area contributed by atoms with Crippen molar-refractivity contribution in [3.05, 3.63) is 64.0 Å². The van der Waals surface area contributed by atoms with Crippen molar-refractivity contribution in [2.24, 2.45) is 0 Å². The second kappa shape index (κ2) is 9.13. The molecule has 3 aromatic rings. The fourth-order valence-electron chi connectivity index (χ4n) is 3.77. The number of nitrogens with one attached hydrogen (secondary N) is 1. The second-order valence-corrected chi connectivity index (χ2v) is 7.67. The topological polar surface area (TPSA) is 106 Å². The molecule has 9 nitrogen and oxygen atoms in total. The van der Waals surface area contributed by atoms with E-state index in [0.717, 1.165) is 25.4 Å². The predicted molar refractivity (Wildman–Crippen MR) is 115 cm³/mol. The first-order chi connectivity index (χ1) is 15.0. The van der Waals surface area contributed by atoms with Gasteiger partial charge in [0.25, 0.3) is 11.6 Å². The smallest absolute Gasteiger partial charge is 0.271 e. The first-order valence-electron chi connectivity index (χ1n) is 10.4. The molecule has 0 bridgehead atoms. The Morgan fingerprint density at radius 3 is 2.71 bits per heavy atom. The van der Waals surface area contributed by atoms with Gasteiger partial charge in [0.05, 0.1) is 10.6 Å². The van der Waals surface area contributed by atoms with Crippen LogP contribution >= 0.6 is 0 Å². The van der Waals surface area contributed by atoms with Crippen molar-refractivity contribution in [3.63, 3.8) is 0 Å². The zero-order valence-corrected chi connectivity index (χ0v) is 17.4. The van der Waals surface area contributed by atoms with E-state index in [1.807, 2.05) is 13.0 Å². The average molecular weight is 423 g/mol. The highest BCUT2D eigenvalue weighted by molar-refractivity contribution is 5.94. The second-order valence-electron chi connectivity index (χ2n) is 7.67. The molecule has 2 aromatic heterocycles. The number of carbonyl (C=O) groups is 1. The van der Waals surface area contributed by atoms with E-state index >= 15 is 0 Å². The van der Waals surface area contributed by atoms with Gasteiger partial charge in [0.15, 0.2) is 5.76 Å². The SMILES string of the molecule is Cc1ccc(-c2cc(C(=O)NCCN3CCCCC3)n(-c3cccc([N+](=O)[O-])c3)n2)o1. The summed E-state index contributed by atoms with van der Waals surface area (Å²) in [6.07, 6.45) is 3.65. The van der Waals surface area contributed by atoms with Gasteiger partial charge < -0.3 is 14.6 Å². The van der Waals surface area contributed by atoms with E-state index in [9.17, 15) is 14.9 Å². The Balaban J connectivity index is 1.60. The number of amides is 1. The number of likely N-dealkylation sites (tertiary alicyclic amines) is 1. The van der Waals surface area contributed by atoms with E-state index in [4.69, 9.17) is 4.42 Å². The number of furan rings is 1. The number of piperidine rings is 1. The maximum atomic E-state index is 13.0. The number of carbonyl (C=O) groups excluding carboxylic acids is 1. The molecule has 162 valence electrons. The van der Waals surface area contributed by atoms with Crippen LogP contribution in [0.3, 0.4) is 0 Å². The molecule has 0 saturated carbocycles. The summed E-state index contributed by atoms with van der Waals surface area (Å²) < 4.78 is 7.08. The standard InChI is InChI=1S/C22H25N5O4/c1-16-8-9-21(31-16)19-15-20(22(28)23-10-13-25-11-3-2-4-12-25)26(24-19)17-6-5-7-18(14-17)27(29)30/h5-9,14-15H,2-4,10-13H2,1H3,(H,23,28). The minimum atomic E-state index is -0.470. The Morgan fingerprint density at radius 1 is 1.19 bits per heavy atom. The molecule has 1 saturated heterocycles. The lowest BCUT2D eigenvalue weighted by Gasteiger charge is -2.26. The zero-order chi connectivity index (χ0) is 21.8. The van der Waals surface area contributed by atoms with Gasteiger partial charge in [-0.2, -0.15) is 5.10 Å². The minimum Gasteiger partial charge on any atom is -0.460 e. The molecule has 31 heavy (non-hydrogen) atoms. The molecule has 1 aliphatic rings. The Labute approximate surface area is 179 Å². The Bertz CT molecular complexity index is 1080. The number of non-ortho nitro benzene ring substituents is 1. The number of rotatable bonds is 7. The van der Waals surface area contributed by atoms with Crippen molar-refractivity contribution in [3.8, 4) is 17.1 Å². The number of nitrogens with zero attached hydrogens (tertiary/aromatic N) is 4. The summed E-state index contributed by atoms with van der Waals surface area (Å²) in [7, 11) is 0. The summed E-state index contributed by atoms with van der Waals surface area (Å²) in [5, 5.41) is 18.7. The van der Waals surface area contributed by atoms with Crippen LogP contribution < -0.4 is 5.32 Å². The number of aryl methyl sites for hydroxylation is 1. The minimum absolute atomic E-state index is 0.0696. The van der Waals surface area contributed by atoms with Crippen molar-refractivity contribution in [2.75, 3.05) is 26.2 Å². The van der Waals surface area contributed by atoms with Crippen molar-refractivity contribution in [1.82, 2.24) is 20.0 Å². The van der Waals surface area contributed by atoms with Gasteiger partial charge in [-0.25, -0.2) is 4.68 Å².